The number of hydrogen-bond acceptors (Lipinski definition) is 3. The minimum Gasteiger partial charge on any atom is -0.506 e. The molecule has 4 aromatic carbocycles. The van der Waals surface area contributed by atoms with Gasteiger partial charge in [-0.05, 0) is 137 Å². The van der Waals surface area contributed by atoms with Crippen LogP contribution in [0.1, 0.15) is 181 Å². The van der Waals surface area contributed by atoms with Crippen LogP contribution in [0.15, 0.2) is 102 Å². The zero-order valence-electron chi connectivity index (χ0n) is 47.3. The minimum absolute atomic E-state index is 0.112. The second kappa shape index (κ2) is 18.3. The van der Waals surface area contributed by atoms with Crippen molar-refractivity contribution in [2.75, 3.05) is 0 Å². The van der Waals surface area contributed by atoms with Crippen LogP contribution >= 0.6 is 15.9 Å². The highest BCUT2D eigenvalue weighted by atomic mass is 79.9. The predicted octanol–water partition coefficient (Wildman–Crippen LogP) is 19.6. The van der Waals surface area contributed by atoms with Crippen molar-refractivity contribution in [1.82, 2.24) is 19.9 Å². The maximum Gasteiger partial charge on any atom is 0.141 e. The van der Waals surface area contributed by atoms with Gasteiger partial charge in [-0.25, -0.2) is 9.97 Å². The molecule has 2 aliphatic heterocycles. The van der Waals surface area contributed by atoms with Gasteiger partial charge in [0.2, 0.25) is 0 Å². The fraction of sp³-hybridized carbons (Fsp3) is 0.353. The summed E-state index contributed by atoms with van der Waals surface area (Å²) >= 11 is 3.70. The Morgan fingerprint density at radius 3 is 0.959 bits per heavy atom. The number of nitrogens with zero attached hydrogens (tertiary/aromatic N) is 2. The quantitative estimate of drug-likeness (QED) is 0.164. The van der Waals surface area contributed by atoms with E-state index in [1.54, 1.807) is 0 Å². The maximum absolute atomic E-state index is 12.6. The first kappa shape index (κ1) is 52.6. The molecule has 5 nitrogen and oxygen atoms in total. The molecule has 0 atom stereocenters. The van der Waals surface area contributed by atoms with Crippen molar-refractivity contribution < 1.29 is 5.11 Å². The van der Waals surface area contributed by atoms with E-state index in [0.29, 0.717) is 5.52 Å². The first-order valence-electron chi connectivity index (χ1n) is 26.4. The molecule has 6 heteroatoms. The van der Waals surface area contributed by atoms with Crippen LogP contribution in [0.5, 0.6) is 5.75 Å². The van der Waals surface area contributed by atoms with E-state index in [2.05, 4.69) is 266 Å². The number of halogens is 1. The van der Waals surface area contributed by atoms with Crippen LogP contribution < -0.4 is 0 Å². The molecule has 8 bridgehead atoms. The van der Waals surface area contributed by atoms with Gasteiger partial charge < -0.3 is 15.1 Å². The van der Waals surface area contributed by atoms with E-state index in [9.17, 15) is 5.11 Å². The lowest BCUT2D eigenvalue weighted by molar-refractivity contribution is 0.482. The van der Waals surface area contributed by atoms with Crippen molar-refractivity contribution in [1.29, 1.82) is 0 Å². The van der Waals surface area contributed by atoms with E-state index in [1.165, 1.54) is 33.4 Å². The fourth-order valence-electron chi connectivity index (χ4n) is 10.0. The second-order valence-electron chi connectivity index (χ2n) is 27.1. The van der Waals surface area contributed by atoms with Gasteiger partial charge in [-0.15, -0.1) is 0 Å². The number of aromatic nitrogens is 4. The normalized spacial score (nSPS) is 13.6. The molecule has 0 spiro atoms. The van der Waals surface area contributed by atoms with Crippen molar-refractivity contribution in [3.05, 3.63) is 158 Å². The average molecular weight is 1050 g/mol. The van der Waals surface area contributed by atoms with Crippen LogP contribution in [0.4, 0.5) is 0 Å². The average Bonchev–Trinajstić information content (AvgIpc) is 4.13. The number of aromatic amines is 2. The van der Waals surface area contributed by atoms with E-state index in [0.717, 1.165) is 88.3 Å². The lowest BCUT2D eigenvalue weighted by atomic mass is 9.78. The Labute approximate surface area is 449 Å². The third-order valence-corrected chi connectivity index (χ3v) is 15.4. The molecule has 9 rings (SSSR count). The number of benzene rings is 4. The van der Waals surface area contributed by atoms with Gasteiger partial charge >= 0.3 is 0 Å². The Morgan fingerprint density at radius 1 is 0.338 bits per heavy atom. The van der Waals surface area contributed by atoms with Gasteiger partial charge in [-0.1, -0.05) is 207 Å². The Kier molecular flexibility index (Phi) is 13.0. The minimum atomic E-state index is -0.153. The number of aromatic hydroxyl groups is 1. The summed E-state index contributed by atoms with van der Waals surface area (Å²) in [6, 6.07) is 35.8. The molecule has 0 saturated heterocycles. The molecule has 74 heavy (non-hydrogen) atoms. The van der Waals surface area contributed by atoms with Crippen LogP contribution in [-0.4, -0.2) is 25.0 Å². The summed E-state index contributed by atoms with van der Waals surface area (Å²) in [5.74, 6) is 0.134. The highest BCUT2D eigenvalue weighted by Crippen LogP contribution is 2.45. The van der Waals surface area contributed by atoms with E-state index in [-0.39, 0.29) is 38.2 Å². The van der Waals surface area contributed by atoms with Crippen LogP contribution in [0.3, 0.4) is 0 Å². The molecule has 5 heterocycles. The molecule has 0 saturated carbocycles. The highest BCUT2D eigenvalue weighted by molar-refractivity contribution is 9.10. The Morgan fingerprint density at radius 2 is 0.635 bits per heavy atom. The lowest BCUT2D eigenvalue weighted by Crippen LogP contribution is -2.16. The summed E-state index contributed by atoms with van der Waals surface area (Å²) in [6.45, 7) is 41.1. The number of fused-ring (bicyclic) bond motifs is 8. The number of H-pyrrole nitrogens is 2. The number of hydrogen-bond donors (Lipinski definition) is 3. The number of rotatable bonds is 4. The first-order chi connectivity index (χ1) is 34.2. The topological polar surface area (TPSA) is 77.6 Å². The zero-order valence-corrected chi connectivity index (χ0v) is 48.9. The van der Waals surface area contributed by atoms with Gasteiger partial charge in [0.15, 0.2) is 0 Å². The van der Waals surface area contributed by atoms with Gasteiger partial charge in [0.05, 0.1) is 33.8 Å². The molecule has 0 unspecified atom stereocenters. The molecule has 3 N–H and O–H groups in total. The Balaban J connectivity index is 1.55. The van der Waals surface area contributed by atoms with E-state index >= 15 is 0 Å². The first-order valence-corrected chi connectivity index (χ1v) is 27.2. The molecule has 3 aromatic heterocycles. The van der Waals surface area contributed by atoms with Crippen molar-refractivity contribution >= 4 is 62.3 Å². The Hall–Kier alpha value is -6.24. The van der Waals surface area contributed by atoms with Crippen molar-refractivity contribution in [3.8, 4) is 50.3 Å². The summed E-state index contributed by atoms with van der Waals surface area (Å²) in [6.07, 6.45) is 8.60. The van der Waals surface area contributed by atoms with Gasteiger partial charge in [0.1, 0.15) is 5.75 Å². The van der Waals surface area contributed by atoms with Crippen LogP contribution in [0.25, 0.3) is 90.9 Å². The molecular formula is C68H77BrN4O. The monoisotopic (exact) mass is 1040 g/mol. The predicted molar refractivity (Wildman–Crippen MR) is 322 cm³/mol. The van der Waals surface area contributed by atoms with Gasteiger partial charge in [-0.3, -0.25) is 0 Å². The van der Waals surface area contributed by atoms with Crippen LogP contribution in [0, 0.1) is 0 Å². The van der Waals surface area contributed by atoms with Crippen molar-refractivity contribution in [2.45, 2.75) is 157 Å². The largest absolute Gasteiger partial charge is 0.506 e. The third-order valence-electron chi connectivity index (χ3n) is 14.8. The Bertz CT molecular complexity index is 3510. The molecule has 0 radical (unpaired) electrons. The molecule has 0 amide bonds. The number of nitrogens with one attached hydrogen (secondary N) is 2. The lowest BCUT2D eigenvalue weighted by Gasteiger charge is -2.26. The van der Waals surface area contributed by atoms with Gasteiger partial charge in [0, 0.05) is 43.8 Å². The molecule has 0 fully saturated rings. The second-order valence-corrected chi connectivity index (χ2v) is 28.0. The molecular weight excluding hydrogens is 969 g/mol. The molecule has 382 valence electrons. The summed E-state index contributed by atoms with van der Waals surface area (Å²) < 4.78 is 0.978. The molecule has 2 aliphatic rings. The summed E-state index contributed by atoms with van der Waals surface area (Å²) in [7, 11) is 0. The third kappa shape index (κ3) is 10.4. The molecule has 7 aromatic rings. The fourth-order valence-corrected chi connectivity index (χ4v) is 10.3. The van der Waals surface area contributed by atoms with Gasteiger partial charge in [0.25, 0.3) is 0 Å². The summed E-state index contributed by atoms with van der Waals surface area (Å²) in [4.78, 5) is 19.3. The van der Waals surface area contributed by atoms with E-state index < -0.39 is 0 Å². The SMILES string of the molecule is CC(C)(C)c1cc(-c2c3nc(c(-c4ccc(Br)cc4)c4cc(O)c([nH]4)c(-c4cc(C(C)(C)C)cc(C(C)(C)C)c4)c4nc(c(-c5cc(C(C)(C)C)cc(C(C)(C)C)c5)c5ccc2[nH]5)C=C4)C=C3)cc(C(C)(C)C)c1. The maximum atomic E-state index is 12.6. The van der Waals surface area contributed by atoms with Crippen molar-refractivity contribution in [2.24, 2.45) is 0 Å². The van der Waals surface area contributed by atoms with E-state index in [4.69, 9.17) is 9.97 Å². The van der Waals surface area contributed by atoms with E-state index in [1.807, 2.05) is 6.07 Å². The summed E-state index contributed by atoms with van der Waals surface area (Å²) in [5.41, 5.74) is 21.0. The highest BCUT2D eigenvalue weighted by Gasteiger charge is 2.28. The van der Waals surface area contributed by atoms with Crippen LogP contribution in [0.2, 0.25) is 0 Å². The van der Waals surface area contributed by atoms with Gasteiger partial charge in [-0.2, -0.15) is 0 Å². The smallest absolute Gasteiger partial charge is 0.141 e. The zero-order chi connectivity index (χ0) is 53.8. The van der Waals surface area contributed by atoms with Crippen molar-refractivity contribution in [3.63, 3.8) is 0 Å². The summed E-state index contributed by atoms with van der Waals surface area (Å²) in [5, 5.41) is 12.6. The standard InChI is InChI=1S/C68H77BrN4O/c1-63(2,3)43-29-40(30-44(35-43)64(4,5)6)59-51-24-23-50(70-51)58(39-19-21-49(69)22-20-39)56-38-57(74)62(73-56)61(42-33-47(67(13,14)15)37-48(34-42)68(16,17)18)55-28-27-54(72-55)60(53-26-25-52(59)71-53)41-31-45(65(7,8)9)36-46(32-41)66(10,11)12/h19-38,71,73-74H,1-18H3. The molecule has 0 aliphatic carbocycles. The van der Waals surface area contributed by atoms with Crippen LogP contribution in [-0.2, 0) is 32.5 Å².